The molecule has 45 heavy (non-hydrogen) atoms. The number of anilines is 3. The summed E-state index contributed by atoms with van der Waals surface area (Å²) in [4.78, 5) is 9.92. The van der Waals surface area contributed by atoms with Crippen molar-refractivity contribution in [2.24, 2.45) is 0 Å². The predicted octanol–water partition coefficient (Wildman–Crippen LogP) is 7.81. The second kappa shape index (κ2) is 13.9. The molecule has 7 nitrogen and oxygen atoms in total. The Morgan fingerprint density at radius 2 is 1.33 bits per heavy atom. The summed E-state index contributed by atoms with van der Waals surface area (Å²) < 4.78 is 10.8. The van der Waals surface area contributed by atoms with Crippen molar-refractivity contribution >= 4 is 28.1 Å². The quantitative estimate of drug-likeness (QED) is 0.151. The number of nitrogens with zero attached hydrogens (tertiary/aromatic N) is 3. The van der Waals surface area contributed by atoms with E-state index in [0.717, 1.165) is 51.6 Å². The predicted molar refractivity (Wildman–Crippen MR) is 185 cm³/mol. The van der Waals surface area contributed by atoms with Crippen molar-refractivity contribution in [3.8, 4) is 11.5 Å². The van der Waals surface area contributed by atoms with Crippen LogP contribution in [0.2, 0.25) is 0 Å². The minimum Gasteiger partial charge on any atom is -0.497 e. The van der Waals surface area contributed by atoms with Crippen LogP contribution in [0, 0.1) is 0 Å². The largest absolute Gasteiger partial charge is 0.497 e. The molecule has 1 saturated heterocycles. The molecule has 3 N–H and O–H groups in total. The Balaban J connectivity index is 1.33. The molecule has 0 spiro atoms. The summed E-state index contributed by atoms with van der Waals surface area (Å²) in [6.07, 6.45) is 2.61. The number of nitrogens with two attached hydrogens (primary N) is 1. The van der Waals surface area contributed by atoms with Crippen LogP contribution >= 0.6 is 0 Å². The fraction of sp³-hybridized carbons (Fsp3) is 0.289. The second-order valence-corrected chi connectivity index (χ2v) is 11.9. The van der Waals surface area contributed by atoms with E-state index in [1.807, 2.05) is 36.4 Å². The number of fused-ring (bicyclic) bond motifs is 1. The highest BCUT2D eigenvalue weighted by atomic mass is 16.5. The average molecular weight is 602 g/mol. The number of hydrogen-bond acceptors (Lipinski definition) is 7. The fourth-order valence-corrected chi connectivity index (χ4v) is 6.13. The molecule has 1 aliphatic rings. The van der Waals surface area contributed by atoms with Crippen molar-refractivity contribution in [2.45, 2.75) is 45.4 Å². The standard InChI is InChI=1S/C38H43N5O2/c1-27(31-16-10-28(11-17-31)24-42-22-6-7-23-42)40-37-34-8-4-5-9-35(34)41-38(36(37)39)43(25-29-12-18-32(44-2)19-13-29)26-30-14-20-33(45-3)21-15-30/h4-5,8-21,27H,6-7,22-26,39H2,1-3H3,(H,40,41). The topological polar surface area (TPSA) is 75.9 Å². The normalized spacial score (nSPS) is 13.9. The maximum Gasteiger partial charge on any atom is 0.155 e. The highest BCUT2D eigenvalue weighted by Gasteiger charge is 2.21. The molecule has 7 heteroatoms. The van der Waals surface area contributed by atoms with Crippen molar-refractivity contribution in [3.63, 3.8) is 0 Å². The lowest BCUT2D eigenvalue weighted by molar-refractivity contribution is 0.331. The molecule has 0 saturated carbocycles. The minimum atomic E-state index is 0.0448. The van der Waals surface area contributed by atoms with E-state index in [9.17, 15) is 0 Å². The number of nitrogen functional groups attached to an aromatic ring is 1. The lowest BCUT2D eigenvalue weighted by atomic mass is 10.0. The Hall–Kier alpha value is -4.75. The first kappa shape index (κ1) is 30.3. The molecule has 2 heterocycles. The van der Waals surface area contributed by atoms with Crippen LogP contribution in [0.1, 0.15) is 48.1 Å². The van der Waals surface area contributed by atoms with E-state index in [4.69, 9.17) is 20.2 Å². The lowest BCUT2D eigenvalue weighted by Gasteiger charge is -2.28. The Morgan fingerprint density at radius 1 is 0.778 bits per heavy atom. The van der Waals surface area contributed by atoms with E-state index in [-0.39, 0.29) is 6.04 Å². The minimum absolute atomic E-state index is 0.0448. The molecule has 0 bridgehead atoms. The zero-order valence-corrected chi connectivity index (χ0v) is 26.5. The van der Waals surface area contributed by atoms with Gasteiger partial charge in [-0.2, -0.15) is 0 Å². The molecule has 232 valence electrons. The highest BCUT2D eigenvalue weighted by Crippen LogP contribution is 2.39. The molecule has 0 aliphatic carbocycles. The van der Waals surface area contributed by atoms with Crippen molar-refractivity contribution in [1.29, 1.82) is 0 Å². The number of ether oxygens (including phenoxy) is 2. The van der Waals surface area contributed by atoms with Gasteiger partial charge in [-0.25, -0.2) is 4.98 Å². The molecule has 1 atom stereocenters. The van der Waals surface area contributed by atoms with Gasteiger partial charge in [-0.3, -0.25) is 4.90 Å². The maximum atomic E-state index is 7.08. The number of benzene rings is 4. The molecule has 4 aromatic carbocycles. The summed E-state index contributed by atoms with van der Waals surface area (Å²) in [5, 5.41) is 4.78. The van der Waals surface area contributed by atoms with E-state index in [2.05, 4.69) is 82.7 Å². The summed E-state index contributed by atoms with van der Waals surface area (Å²) in [6.45, 7) is 6.86. The van der Waals surface area contributed by atoms with Gasteiger partial charge in [0.1, 0.15) is 11.5 Å². The number of methoxy groups -OCH3 is 2. The third-order valence-corrected chi connectivity index (χ3v) is 8.72. The SMILES string of the molecule is COc1ccc(CN(Cc2ccc(OC)cc2)c2nc3ccccc3c(NC(C)c3ccc(CN4CCCC4)cc3)c2N)cc1. The van der Waals surface area contributed by atoms with Crippen LogP contribution < -0.4 is 25.4 Å². The first-order chi connectivity index (χ1) is 22.0. The van der Waals surface area contributed by atoms with Gasteiger partial charge in [0.05, 0.1) is 31.1 Å². The molecule has 1 aromatic heterocycles. The van der Waals surface area contributed by atoms with Gasteiger partial charge in [-0.15, -0.1) is 0 Å². The van der Waals surface area contributed by atoms with Crippen LogP contribution in [-0.4, -0.2) is 37.2 Å². The van der Waals surface area contributed by atoms with E-state index < -0.39 is 0 Å². The van der Waals surface area contributed by atoms with E-state index in [0.29, 0.717) is 18.8 Å². The van der Waals surface area contributed by atoms with Gasteiger partial charge in [-0.05, 0) is 85.4 Å². The molecule has 1 fully saturated rings. The number of hydrogen-bond donors (Lipinski definition) is 2. The van der Waals surface area contributed by atoms with E-state index in [1.54, 1.807) is 14.2 Å². The van der Waals surface area contributed by atoms with E-state index >= 15 is 0 Å². The Labute approximate surface area is 266 Å². The average Bonchev–Trinajstić information content (AvgIpc) is 3.59. The number of aromatic nitrogens is 1. The summed E-state index contributed by atoms with van der Waals surface area (Å²) >= 11 is 0. The molecule has 0 amide bonds. The Kier molecular flexibility index (Phi) is 9.36. The van der Waals surface area contributed by atoms with Crippen molar-refractivity contribution in [2.75, 3.05) is 43.3 Å². The maximum absolute atomic E-state index is 7.08. The lowest BCUT2D eigenvalue weighted by Crippen LogP contribution is -2.25. The Morgan fingerprint density at radius 3 is 1.91 bits per heavy atom. The molecular formula is C38H43N5O2. The smallest absolute Gasteiger partial charge is 0.155 e. The molecule has 5 aromatic rings. The molecular weight excluding hydrogens is 558 g/mol. The highest BCUT2D eigenvalue weighted by molar-refractivity contribution is 6.01. The molecule has 1 unspecified atom stereocenters. The first-order valence-electron chi connectivity index (χ1n) is 15.8. The Bertz CT molecular complexity index is 1650. The van der Waals surface area contributed by atoms with Crippen LogP contribution in [0.15, 0.2) is 97.1 Å². The van der Waals surface area contributed by atoms with E-state index in [1.165, 1.54) is 37.1 Å². The zero-order chi connectivity index (χ0) is 31.2. The van der Waals surface area contributed by atoms with Crippen LogP contribution in [0.4, 0.5) is 17.2 Å². The molecule has 6 rings (SSSR count). The first-order valence-corrected chi connectivity index (χ1v) is 15.8. The van der Waals surface area contributed by atoms with Gasteiger partial charge < -0.3 is 25.4 Å². The summed E-state index contributed by atoms with van der Waals surface area (Å²) in [5.41, 5.74) is 14.4. The van der Waals surface area contributed by atoms with Gasteiger partial charge in [-0.1, -0.05) is 66.7 Å². The number of nitrogens with one attached hydrogen (secondary N) is 1. The number of para-hydroxylation sites is 1. The van der Waals surface area contributed by atoms with Crippen molar-refractivity contribution in [1.82, 2.24) is 9.88 Å². The molecule has 1 aliphatic heterocycles. The third kappa shape index (κ3) is 7.15. The molecule has 0 radical (unpaired) electrons. The van der Waals surface area contributed by atoms with Crippen LogP contribution in [-0.2, 0) is 19.6 Å². The number of pyridine rings is 1. The zero-order valence-electron chi connectivity index (χ0n) is 26.5. The monoisotopic (exact) mass is 601 g/mol. The van der Waals surface area contributed by atoms with Gasteiger partial charge in [0, 0.05) is 31.1 Å². The number of rotatable bonds is 12. The van der Waals surface area contributed by atoms with Gasteiger partial charge in [0.2, 0.25) is 0 Å². The van der Waals surface area contributed by atoms with Gasteiger partial charge in [0.15, 0.2) is 5.82 Å². The van der Waals surface area contributed by atoms with Crippen LogP contribution in [0.3, 0.4) is 0 Å². The van der Waals surface area contributed by atoms with Crippen LogP contribution in [0.25, 0.3) is 10.9 Å². The summed E-state index contributed by atoms with van der Waals surface area (Å²) in [5.74, 6) is 2.40. The van der Waals surface area contributed by atoms with Crippen molar-refractivity contribution < 1.29 is 9.47 Å². The van der Waals surface area contributed by atoms with Crippen LogP contribution in [0.5, 0.6) is 11.5 Å². The summed E-state index contributed by atoms with van der Waals surface area (Å²) in [6, 6.07) is 33.6. The van der Waals surface area contributed by atoms with Gasteiger partial charge >= 0.3 is 0 Å². The number of likely N-dealkylation sites (tertiary alicyclic amines) is 1. The fourth-order valence-electron chi connectivity index (χ4n) is 6.13. The second-order valence-electron chi connectivity index (χ2n) is 11.9. The van der Waals surface area contributed by atoms with Gasteiger partial charge in [0.25, 0.3) is 0 Å². The third-order valence-electron chi connectivity index (χ3n) is 8.72. The summed E-state index contributed by atoms with van der Waals surface area (Å²) in [7, 11) is 3.37. The van der Waals surface area contributed by atoms with Crippen molar-refractivity contribution in [3.05, 3.63) is 119 Å².